The minimum atomic E-state index is -0.236. The van der Waals surface area contributed by atoms with Crippen molar-refractivity contribution in [1.29, 1.82) is 0 Å². The standard InChI is InChI=1S/C15H21NOS2/c1-11-12(2)19-9-8-16(11)15(17)14(18)10-13-6-4-3-5-7-13/h3-7,11-12,14,18H,8-10H2,1-2H3. The molecule has 0 spiro atoms. The average molecular weight is 295 g/mol. The Labute approximate surface area is 125 Å². The number of benzene rings is 1. The van der Waals surface area contributed by atoms with Crippen LogP contribution in [0, 0.1) is 0 Å². The third kappa shape index (κ3) is 3.69. The summed E-state index contributed by atoms with van der Waals surface area (Å²) in [5.74, 6) is 1.20. The molecule has 0 aliphatic carbocycles. The number of amides is 1. The summed E-state index contributed by atoms with van der Waals surface area (Å²) in [6.45, 7) is 5.18. The second-order valence-corrected chi connectivity index (χ2v) is 7.16. The van der Waals surface area contributed by atoms with Gasteiger partial charge in [0.05, 0.1) is 5.25 Å². The van der Waals surface area contributed by atoms with E-state index in [-0.39, 0.29) is 11.2 Å². The Bertz CT molecular complexity index is 423. The maximum absolute atomic E-state index is 12.5. The highest BCUT2D eigenvalue weighted by Crippen LogP contribution is 2.25. The second kappa shape index (κ2) is 6.71. The van der Waals surface area contributed by atoms with E-state index in [2.05, 4.69) is 38.6 Å². The van der Waals surface area contributed by atoms with Crippen molar-refractivity contribution < 1.29 is 4.79 Å². The first-order chi connectivity index (χ1) is 9.09. The highest BCUT2D eigenvalue weighted by molar-refractivity contribution is 8.00. The lowest BCUT2D eigenvalue weighted by molar-refractivity contribution is -0.132. The van der Waals surface area contributed by atoms with Crippen molar-refractivity contribution in [1.82, 2.24) is 4.90 Å². The van der Waals surface area contributed by atoms with E-state index in [4.69, 9.17) is 0 Å². The summed E-state index contributed by atoms with van der Waals surface area (Å²) in [4.78, 5) is 14.5. The van der Waals surface area contributed by atoms with Crippen molar-refractivity contribution >= 4 is 30.3 Å². The molecule has 0 bridgehead atoms. The molecule has 104 valence electrons. The van der Waals surface area contributed by atoms with Crippen LogP contribution < -0.4 is 0 Å². The maximum atomic E-state index is 12.5. The van der Waals surface area contributed by atoms with Gasteiger partial charge in [-0.15, -0.1) is 0 Å². The fourth-order valence-electron chi connectivity index (χ4n) is 2.36. The van der Waals surface area contributed by atoms with Gasteiger partial charge in [0.15, 0.2) is 0 Å². The smallest absolute Gasteiger partial charge is 0.236 e. The molecule has 1 saturated heterocycles. The fourth-order valence-corrected chi connectivity index (χ4v) is 3.82. The monoisotopic (exact) mass is 295 g/mol. The lowest BCUT2D eigenvalue weighted by Gasteiger charge is -2.38. The summed E-state index contributed by atoms with van der Waals surface area (Å²) < 4.78 is 0. The summed E-state index contributed by atoms with van der Waals surface area (Å²) >= 11 is 6.46. The Balaban J connectivity index is 1.99. The topological polar surface area (TPSA) is 20.3 Å². The molecule has 19 heavy (non-hydrogen) atoms. The molecule has 1 fully saturated rings. The van der Waals surface area contributed by atoms with E-state index in [1.807, 2.05) is 34.9 Å². The van der Waals surface area contributed by atoms with Crippen LogP contribution in [0.2, 0.25) is 0 Å². The number of carbonyl (C=O) groups is 1. The molecule has 0 saturated carbocycles. The van der Waals surface area contributed by atoms with Crippen LogP contribution >= 0.6 is 24.4 Å². The SMILES string of the molecule is CC1SCCN(C(=O)C(S)Cc2ccccc2)C1C. The normalized spacial score (nSPS) is 25.1. The van der Waals surface area contributed by atoms with Crippen LogP contribution in [0.5, 0.6) is 0 Å². The second-order valence-electron chi connectivity index (χ2n) is 5.05. The van der Waals surface area contributed by atoms with E-state index in [0.29, 0.717) is 17.7 Å². The van der Waals surface area contributed by atoms with E-state index in [0.717, 1.165) is 12.3 Å². The molecule has 0 radical (unpaired) electrons. The summed E-state index contributed by atoms with van der Waals surface area (Å²) in [7, 11) is 0. The summed E-state index contributed by atoms with van der Waals surface area (Å²) in [6, 6.07) is 10.4. The Morgan fingerprint density at radius 1 is 1.42 bits per heavy atom. The predicted octanol–water partition coefficient (Wildman–Crippen LogP) is 2.88. The van der Waals surface area contributed by atoms with Gasteiger partial charge in [0.2, 0.25) is 5.91 Å². The molecule has 2 rings (SSSR count). The predicted molar refractivity (Wildman–Crippen MR) is 86.0 cm³/mol. The molecule has 3 atom stereocenters. The Hall–Kier alpha value is -0.610. The first-order valence-electron chi connectivity index (χ1n) is 6.73. The van der Waals surface area contributed by atoms with Crippen LogP contribution in [0.4, 0.5) is 0 Å². The molecule has 1 aromatic rings. The lowest BCUT2D eigenvalue weighted by Crippen LogP contribution is -2.50. The summed E-state index contributed by atoms with van der Waals surface area (Å²) in [5, 5.41) is 0.273. The van der Waals surface area contributed by atoms with E-state index < -0.39 is 0 Å². The zero-order valence-electron chi connectivity index (χ0n) is 11.5. The number of hydrogen-bond acceptors (Lipinski definition) is 3. The van der Waals surface area contributed by atoms with Gasteiger partial charge in [0, 0.05) is 23.6 Å². The summed E-state index contributed by atoms with van der Waals surface area (Å²) in [6.07, 6.45) is 0.702. The van der Waals surface area contributed by atoms with E-state index >= 15 is 0 Å². The number of nitrogens with zero attached hydrogens (tertiary/aromatic N) is 1. The van der Waals surface area contributed by atoms with Gasteiger partial charge in [-0.2, -0.15) is 24.4 Å². The van der Waals surface area contributed by atoms with Gasteiger partial charge in [-0.3, -0.25) is 4.79 Å². The van der Waals surface area contributed by atoms with Crippen LogP contribution in [0.1, 0.15) is 19.4 Å². The van der Waals surface area contributed by atoms with Gasteiger partial charge < -0.3 is 4.90 Å². The molecule has 2 nitrogen and oxygen atoms in total. The van der Waals surface area contributed by atoms with Crippen molar-refractivity contribution in [2.75, 3.05) is 12.3 Å². The summed E-state index contributed by atoms with van der Waals surface area (Å²) in [5.41, 5.74) is 1.17. The van der Waals surface area contributed by atoms with Crippen molar-refractivity contribution in [3.05, 3.63) is 35.9 Å². The highest BCUT2D eigenvalue weighted by Gasteiger charge is 2.31. The number of rotatable bonds is 3. The maximum Gasteiger partial charge on any atom is 0.236 e. The van der Waals surface area contributed by atoms with Gasteiger partial charge in [-0.1, -0.05) is 37.3 Å². The minimum Gasteiger partial charge on any atom is -0.337 e. The van der Waals surface area contributed by atoms with Crippen LogP contribution in [-0.4, -0.2) is 39.6 Å². The van der Waals surface area contributed by atoms with Crippen LogP contribution in [0.25, 0.3) is 0 Å². The number of hydrogen-bond donors (Lipinski definition) is 1. The first kappa shape index (κ1) is 14.8. The molecule has 1 aliphatic rings. The average Bonchev–Trinajstić information content (AvgIpc) is 2.42. The molecule has 4 heteroatoms. The van der Waals surface area contributed by atoms with Crippen LogP contribution in [-0.2, 0) is 11.2 Å². The van der Waals surface area contributed by atoms with Crippen LogP contribution in [0.3, 0.4) is 0 Å². The number of thioether (sulfide) groups is 1. The van der Waals surface area contributed by atoms with E-state index in [9.17, 15) is 4.79 Å². The molecular formula is C15H21NOS2. The lowest BCUT2D eigenvalue weighted by atomic mass is 10.1. The zero-order valence-corrected chi connectivity index (χ0v) is 13.2. The quantitative estimate of drug-likeness (QED) is 0.865. The van der Waals surface area contributed by atoms with Crippen molar-refractivity contribution in [2.45, 2.75) is 36.8 Å². The van der Waals surface area contributed by atoms with Gasteiger partial charge >= 0.3 is 0 Å². The van der Waals surface area contributed by atoms with Crippen LogP contribution in [0.15, 0.2) is 30.3 Å². The molecule has 0 N–H and O–H groups in total. The molecular weight excluding hydrogens is 274 g/mol. The molecule has 3 unspecified atom stereocenters. The van der Waals surface area contributed by atoms with Crippen molar-refractivity contribution in [3.63, 3.8) is 0 Å². The molecule has 1 amide bonds. The fraction of sp³-hybridized carbons (Fsp3) is 0.533. The zero-order chi connectivity index (χ0) is 13.8. The Kier molecular flexibility index (Phi) is 5.22. The van der Waals surface area contributed by atoms with Crippen molar-refractivity contribution in [2.24, 2.45) is 0 Å². The third-order valence-electron chi connectivity index (χ3n) is 3.72. The van der Waals surface area contributed by atoms with Gasteiger partial charge in [-0.05, 0) is 18.9 Å². The molecule has 1 aromatic carbocycles. The van der Waals surface area contributed by atoms with E-state index in [1.54, 1.807) is 0 Å². The largest absolute Gasteiger partial charge is 0.337 e. The van der Waals surface area contributed by atoms with Gasteiger partial charge in [-0.25, -0.2) is 0 Å². The Morgan fingerprint density at radius 2 is 2.11 bits per heavy atom. The van der Waals surface area contributed by atoms with Gasteiger partial charge in [0.25, 0.3) is 0 Å². The van der Waals surface area contributed by atoms with Gasteiger partial charge in [0.1, 0.15) is 0 Å². The number of carbonyl (C=O) groups excluding carboxylic acids is 1. The highest BCUT2D eigenvalue weighted by atomic mass is 32.2. The van der Waals surface area contributed by atoms with E-state index in [1.165, 1.54) is 5.56 Å². The third-order valence-corrected chi connectivity index (χ3v) is 5.47. The Morgan fingerprint density at radius 3 is 2.79 bits per heavy atom. The van der Waals surface area contributed by atoms with Crippen molar-refractivity contribution in [3.8, 4) is 0 Å². The number of thiol groups is 1. The molecule has 0 aromatic heterocycles. The molecule has 1 heterocycles. The minimum absolute atomic E-state index is 0.173. The first-order valence-corrected chi connectivity index (χ1v) is 8.30. The molecule has 1 aliphatic heterocycles.